The van der Waals surface area contributed by atoms with Crippen LogP contribution in [0.25, 0.3) is 16.7 Å². The summed E-state index contributed by atoms with van der Waals surface area (Å²) >= 11 is 0. The Kier molecular flexibility index (Phi) is 7.11. The van der Waals surface area contributed by atoms with Crippen LogP contribution in [0.4, 0.5) is 5.95 Å². The van der Waals surface area contributed by atoms with Crippen LogP contribution >= 0.6 is 0 Å². The zero-order chi connectivity index (χ0) is 18.9. The zero-order valence-electron chi connectivity index (χ0n) is 15.2. The van der Waals surface area contributed by atoms with Crippen LogP contribution in [0, 0.1) is 0 Å². The highest BCUT2D eigenvalue weighted by Gasteiger charge is 2.07. The minimum Gasteiger partial charge on any atom is -0.494 e. The van der Waals surface area contributed by atoms with Gasteiger partial charge in [0, 0.05) is 13.0 Å². The number of anilines is 1. The number of aromatic nitrogens is 3. The van der Waals surface area contributed by atoms with Crippen LogP contribution in [-0.4, -0.2) is 28.6 Å². The number of fused-ring (bicyclic) bond motifs is 1. The normalized spacial score (nSPS) is 10.3. The Morgan fingerprint density at radius 2 is 2.00 bits per heavy atom. The number of oxazole rings is 1. The Balaban J connectivity index is 0.000000228. The van der Waals surface area contributed by atoms with E-state index < -0.39 is 0 Å². The molecule has 3 rings (SSSR count). The van der Waals surface area contributed by atoms with E-state index in [1.807, 2.05) is 18.2 Å². The predicted molar refractivity (Wildman–Crippen MR) is 104 cm³/mol. The number of hydrogen-bond donors (Lipinski definition) is 2. The van der Waals surface area contributed by atoms with Gasteiger partial charge in [0.05, 0.1) is 19.5 Å². The lowest BCUT2D eigenvalue weighted by molar-refractivity contribution is 0.411. The molecule has 26 heavy (non-hydrogen) atoms. The van der Waals surface area contributed by atoms with E-state index in [0.717, 1.165) is 47.4 Å². The predicted octanol–water partition coefficient (Wildman–Crippen LogP) is 3.21. The number of nitrogens with zero attached hydrogens (tertiary/aromatic N) is 3. The topological polar surface area (TPSA) is 113 Å². The fraction of sp³-hybridized carbons (Fsp3) is 0.316. The van der Waals surface area contributed by atoms with E-state index in [9.17, 15) is 0 Å². The first-order chi connectivity index (χ1) is 12.6. The Hall–Kier alpha value is -2.93. The Morgan fingerprint density at radius 3 is 2.62 bits per heavy atom. The quantitative estimate of drug-likeness (QED) is 0.698. The largest absolute Gasteiger partial charge is 0.494 e. The monoisotopic (exact) mass is 355 g/mol. The maximum Gasteiger partial charge on any atom is 0.220 e. The van der Waals surface area contributed by atoms with E-state index in [0.29, 0.717) is 12.3 Å². The summed E-state index contributed by atoms with van der Waals surface area (Å²) in [6.07, 6.45) is 6.19. The van der Waals surface area contributed by atoms with E-state index >= 15 is 0 Å². The van der Waals surface area contributed by atoms with Crippen molar-refractivity contribution in [1.29, 1.82) is 0 Å². The van der Waals surface area contributed by atoms with Crippen molar-refractivity contribution in [3.8, 4) is 5.75 Å². The lowest BCUT2D eigenvalue weighted by Crippen LogP contribution is -2.00. The molecule has 0 amide bonds. The van der Waals surface area contributed by atoms with E-state index in [-0.39, 0.29) is 5.95 Å². The van der Waals surface area contributed by atoms with Crippen LogP contribution in [0.1, 0.15) is 31.2 Å². The molecule has 7 nitrogen and oxygen atoms in total. The molecule has 0 fully saturated rings. The van der Waals surface area contributed by atoms with Crippen molar-refractivity contribution < 1.29 is 9.15 Å². The highest BCUT2D eigenvalue weighted by atomic mass is 16.5. The molecule has 4 N–H and O–H groups in total. The molecule has 0 saturated carbocycles. The summed E-state index contributed by atoms with van der Waals surface area (Å²) in [4.78, 5) is 11.8. The third-order valence-electron chi connectivity index (χ3n) is 3.72. The highest BCUT2D eigenvalue weighted by Crippen LogP contribution is 2.21. The van der Waals surface area contributed by atoms with E-state index in [1.54, 1.807) is 7.11 Å². The Morgan fingerprint density at radius 1 is 1.27 bits per heavy atom. The smallest absolute Gasteiger partial charge is 0.220 e. The average Bonchev–Trinajstić information content (AvgIpc) is 3.08. The van der Waals surface area contributed by atoms with Gasteiger partial charge in [0.25, 0.3) is 0 Å². The summed E-state index contributed by atoms with van der Waals surface area (Å²) in [5.41, 5.74) is 14.4. The number of hydrogen-bond acceptors (Lipinski definition) is 7. The molecular formula is C19H25N5O2. The van der Waals surface area contributed by atoms with E-state index in [2.05, 4.69) is 28.5 Å². The Labute approximate surface area is 153 Å². The van der Waals surface area contributed by atoms with E-state index in [1.165, 1.54) is 12.4 Å². The molecule has 138 valence electrons. The molecule has 0 aliphatic heterocycles. The number of benzene rings is 1. The van der Waals surface area contributed by atoms with Gasteiger partial charge < -0.3 is 20.6 Å². The third kappa shape index (κ3) is 5.29. The lowest BCUT2D eigenvalue weighted by Gasteiger charge is -2.00. The number of ether oxygens (including phenoxy) is 1. The van der Waals surface area contributed by atoms with Gasteiger partial charge in [-0.3, -0.25) is 0 Å². The van der Waals surface area contributed by atoms with Crippen molar-refractivity contribution in [2.75, 3.05) is 19.4 Å². The third-order valence-corrected chi connectivity index (χ3v) is 3.72. The molecule has 0 bridgehead atoms. The van der Waals surface area contributed by atoms with Crippen molar-refractivity contribution >= 4 is 22.6 Å². The molecule has 2 aromatic heterocycles. The molecule has 1 aromatic carbocycles. The second-order valence-corrected chi connectivity index (χ2v) is 5.68. The number of nitrogens with two attached hydrogens (primary N) is 2. The maximum absolute atomic E-state index is 5.71. The fourth-order valence-electron chi connectivity index (χ4n) is 2.18. The molecule has 3 aromatic rings. The van der Waals surface area contributed by atoms with Crippen molar-refractivity contribution in [2.24, 2.45) is 5.73 Å². The van der Waals surface area contributed by atoms with Gasteiger partial charge in [-0.15, -0.1) is 0 Å². The summed E-state index contributed by atoms with van der Waals surface area (Å²) in [7, 11) is 1.55. The van der Waals surface area contributed by atoms with Gasteiger partial charge in [-0.2, -0.15) is 0 Å². The van der Waals surface area contributed by atoms with Crippen molar-refractivity contribution in [2.45, 2.75) is 26.2 Å². The van der Waals surface area contributed by atoms with Crippen molar-refractivity contribution in [3.05, 3.63) is 48.6 Å². The summed E-state index contributed by atoms with van der Waals surface area (Å²) < 4.78 is 10.5. The second kappa shape index (κ2) is 9.53. The lowest BCUT2D eigenvalue weighted by atomic mass is 10.1. The number of rotatable bonds is 6. The first kappa shape index (κ1) is 19.4. The first-order valence-electron chi connectivity index (χ1n) is 8.46. The molecule has 0 aliphatic carbocycles. The van der Waals surface area contributed by atoms with Crippen LogP contribution < -0.4 is 16.2 Å². The highest BCUT2D eigenvalue weighted by molar-refractivity contribution is 5.79. The van der Waals surface area contributed by atoms with Crippen LogP contribution in [0.15, 0.2) is 41.6 Å². The molecule has 0 aliphatic rings. The number of unbranched alkanes of at least 4 members (excludes halogenated alkanes) is 1. The standard InChI is InChI=1S/C14H18N2O.C5H7N3O/c1-3-4-5-14-16-12-7-6-11(10(2)9-15)8-13(12)17-14;1-9-4-2-7-5(6)8-3-4/h6-8H,2-5,9,15H2,1H3;2-3H,1H3,(H2,6,7,8). The Bertz CT molecular complexity index is 843. The summed E-state index contributed by atoms with van der Waals surface area (Å²) in [6, 6.07) is 5.92. The van der Waals surface area contributed by atoms with Gasteiger partial charge in [0.2, 0.25) is 5.95 Å². The first-order valence-corrected chi connectivity index (χ1v) is 8.46. The second-order valence-electron chi connectivity index (χ2n) is 5.68. The van der Waals surface area contributed by atoms with Crippen LogP contribution in [0.2, 0.25) is 0 Å². The number of aryl methyl sites for hydroxylation is 1. The average molecular weight is 355 g/mol. The fourth-order valence-corrected chi connectivity index (χ4v) is 2.18. The molecule has 0 unspecified atom stereocenters. The molecular weight excluding hydrogens is 330 g/mol. The summed E-state index contributed by atoms with van der Waals surface area (Å²) in [5, 5.41) is 0. The van der Waals surface area contributed by atoms with Gasteiger partial charge in [-0.05, 0) is 29.7 Å². The van der Waals surface area contributed by atoms with Crippen LogP contribution in [-0.2, 0) is 6.42 Å². The number of nitrogen functional groups attached to an aromatic ring is 1. The SMILES string of the molecule is C=C(CN)c1ccc2nc(CCCC)oc2c1.COc1cnc(N)nc1. The van der Waals surface area contributed by atoms with Gasteiger partial charge in [0.1, 0.15) is 5.52 Å². The van der Waals surface area contributed by atoms with E-state index in [4.69, 9.17) is 20.6 Å². The maximum atomic E-state index is 5.71. The van der Waals surface area contributed by atoms with Crippen molar-refractivity contribution in [3.63, 3.8) is 0 Å². The van der Waals surface area contributed by atoms with Gasteiger partial charge in [0.15, 0.2) is 17.2 Å². The minimum atomic E-state index is 0.260. The van der Waals surface area contributed by atoms with Gasteiger partial charge >= 0.3 is 0 Å². The molecule has 0 radical (unpaired) electrons. The molecule has 0 atom stereocenters. The van der Waals surface area contributed by atoms with Crippen LogP contribution in [0.3, 0.4) is 0 Å². The minimum absolute atomic E-state index is 0.260. The summed E-state index contributed by atoms with van der Waals surface area (Å²) in [5.74, 6) is 1.69. The van der Waals surface area contributed by atoms with Crippen LogP contribution in [0.5, 0.6) is 5.75 Å². The molecule has 2 heterocycles. The molecule has 0 saturated heterocycles. The number of methoxy groups -OCH3 is 1. The molecule has 7 heteroatoms. The molecule has 0 spiro atoms. The van der Waals surface area contributed by atoms with Gasteiger partial charge in [-0.25, -0.2) is 15.0 Å². The van der Waals surface area contributed by atoms with Gasteiger partial charge in [-0.1, -0.05) is 26.0 Å². The summed E-state index contributed by atoms with van der Waals surface area (Å²) in [6.45, 7) is 6.54. The van der Waals surface area contributed by atoms with Crippen molar-refractivity contribution in [1.82, 2.24) is 15.0 Å². The zero-order valence-corrected chi connectivity index (χ0v) is 15.2.